The van der Waals surface area contributed by atoms with E-state index >= 15 is 0 Å². The van der Waals surface area contributed by atoms with Crippen molar-refractivity contribution in [3.8, 4) is 0 Å². The van der Waals surface area contributed by atoms with Crippen LogP contribution in [0.4, 0.5) is 4.39 Å². The Balaban J connectivity index is 2.31. The summed E-state index contributed by atoms with van der Waals surface area (Å²) >= 11 is 5.78. The second-order valence-corrected chi connectivity index (χ2v) is 4.76. The van der Waals surface area contributed by atoms with Crippen LogP contribution in [0, 0.1) is 5.82 Å². The molecule has 0 amide bonds. The minimum Gasteiger partial charge on any atom is -0.501 e. The Morgan fingerprint density at radius 1 is 1.50 bits per heavy atom. The van der Waals surface area contributed by atoms with E-state index in [0.29, 0.717) is 10.6 Å². The largest absolute Gasteiger partial charge is 0.501 e. The van der Waals surface area contributed by atoms with Crippen molar-refractivity contribution >= 4 is 11.6 Å². The van der Waals surface area contributed by atoms with Crippen molar-refractivity contribution in [2.45, 2.75) is 25.8 Å². The van der Waals surface area contributed by atoms with Crippen LogP contribution in [0.15, 0.2) is 30.0 Å². The van der Waals surface area contributed by atoms with Gasteiger partial charge >= 0.3 is 0 Å². The zero-order valence-electron chi connectivity index (χ0n) is 10.4. The maximum atomic E-state index is 14.0. The molecule has 1 aromatic carbocycles. The van der Waals surface area contributed by atoms with Gasteiger partial charge in [0, 0.05) is 10.6 Å². The summed E-state index contributed by atoms with van der Waals surface area (Å²) in [6.45, 7) is 3.51. The molecule has 1 unspecified atom stereocenters. The summed E-state index contributed by atoms with van der Waals surface area (Å²) in [6, 6.07) is 4.67. The number of ether oxygens (including phenoxy) is 1. The molecule has 18 heavy (non-hydrogen) atoms. The van der Waals surface area contributed by atoms with Gasteiger partial charge < -0.3 is 10.1 Å². The van der Waals surface area contributed by atoms with E-state index < -0.39 is 0 Å². The van der Waals surface area contributed by atoms with E-state index in [1.807, 2.05) is 6.92 Å². The lowest BCUT2D eigenvalue weighted by atomic mass is 9.95. The van der Waals surface area contributed by atoms with Crippen molar-refractivity contribution < 1.29 is 9.13 Å². The minimum atomic E-state index is -0.278. The fraction of sp³-hybridized carbons (Fsp3) is 0.429. The maximum Gasteiger partial charge on any atom is 0.129 e. The lowest BCUT2D eigenvalue weighted by Gasteiger charge is -2.24. The number of hydrogen-bond donors (Lipinski definition) is 1. The Kier molecular flexibility index (Phi) is 4.61. The first-order chi connectivity index (χ1) is 8.72. The number of halogens is 2. The molecule has 0 aromatic heterocycles. The summed E-state index contributed by atoms with van der Waals surface area (Å²) in [5, 5.41) is 3.71. The molecule has 0 aliphatic carbocycles. The lowest BCUT2D eigenvalue weighted by molar-refractivity contribution is 0.219. The van der Waals surface area contributed by atoms with Crippen LogP contribution >= 0.6 is 11.6 Å². The van der Waals surface area contributed by atoms with E-state index in [1.54, 1.807) is 18.4 Å². The summed E-state index contributed by atoms with van der Waals surface area (Å²) < 4.78 is 19.3. The fourth-order valence-electron chi connectivity index (χ4n) is 2.18. The molecule has 0 saturated heterocycles. The van der Waals surface area contributed by atoms with Gasteiger partial charge in [-0.1, -0.05) is 24.6 Å². The van der Waals surface area contributed by atoms with Crippen molar-refractivity contribution in [1.29, 1.82) is 0 Å². The molecule has 1 aromatic rings. The smallest absolute Gasteiger partial charge is 0.129 e. The Morgan fingerprint density at radius 2 is 2.33 bits per heavy atom. The highest BCUT2D eigenvalue weighted by Crippen LogP contribution is 2.30. The third-order valence-corrected chi connectivity index (χ3v) is 3.25. The number of likely N-dealkylation sites (N-methyl/N-ethyl adjacent to an activating group) is 1. The Morgan fingerprint density at radius 3 is 2.94 bits per heavy atom. The molecule has 0 bridgehead atoms. The monoisotopic (exact) mass is 269 g/mol. The number of benzene rings is 1. The van der Waals surface area contributed by atoms with Gasteiger partial charge in [-0.3, -0.25) is 0 Å². The number of rotatable bonds is 4. The van der Waals surface area contributed by atoms with E-state index in [1.165, 1.54) is 6.07 Å². The first kappa shape index (κ1) is 13.4. The predicted octanol–water partition coefficient (Wildman–Crippen LogP) is 3.82. The highest BCUT2D eigenvalue weighted by Gasteiger charge is 2.21. The first-order valence-corrected chi connectivity index (χ1v) is 6.59. The van der Waals surface area contributed by atoms with Crippen LogP contribution in [0.2, 0.25) is 5.02 Å². The molecule has 98 valence electrons. The molecule has 1 N–H and O–H groups in total. The van der Waals surface area contributed by atoms with E-state index in [-0.39, 0.29) is 11.9 Å². The molecular formula is C14H17ClFNO. The third-order valence-electron chi connectivity index (χ3n) is 3.01. The standard InChI is InChI=1S/C14H17ClFNO/c1-2-17-14(10-4-3-7-18-9-10)12-6-5-11(15)8-13(12)16/h5-6,8-9,14,17H,2-4,7H2,1H3. The fourth-order valence-corrected chi connectivity index (χ4v) is 2.34. The molecule has 1 heterocycles. The van der Waals surface area contributed by atoms with Gasteiger partial charge in [0.25, 0.3) is 0 Å². The maximum absolute atomic E-state index is 14.0. The predicted molar refractivity (Wildman–Crippen MR) is 71.1 cm³/mol. The highest BCUT2D eigenvalue weighted by atomic mass is 35.5. The SMILES string of the molecule is CCNC(C1=COCCC1)c1ccc(Cl)cc1F. The average Bonchev–Trinajstić information content (AvgIpc) is 2.38. The molecule has 1 aliphatic rings. The van der Waals surface area contributed by atoms with Gasteiger partial charge in [-0.15, -0.1) is 0 Å². The zero-order chi connectivity index (χ0) is 13.0. The van der Waals surface area contributed by atoms with Crippen LogP contribution < -0.4 is 5.32 Å². The summed E-state index contributed by atoms with van der Waals surface area (Å²) in [7, 11) is 0. The van der Waals surface area contributed by atoms with Gasteiger partial charge in [-0.2, -0.15) is 0 Å². The molecular weight excluding hydrogens is 253 g/mol. The second kappa shape index (κ2) is 6.21. The van der Waals surface area contributed by atoms with E-state index in [0.717, 1.165) is 31.6 Å². The molecule has 1 atom stereocenters. The van der Waals surface area contributed by atoms with Crippen molar-refractivity contribution in [3.05, 3.63) is 46.4 Å². The molecule has 0 spiro atoms. The number of hydrogen-bond acceptors (Lipinski definition) is 2. The van der Waals surface area contributed by atoms with Gasteiger partial charge in [0.15, 0.2) is 0 Å². The van der Waals surface area contributed by atoms with Crippen LogP contribution in [-0.4, -0.2) is 13.2 Å². The Labute approximate surface area is 112 Å². The van der Waals surface area contributed by atoms with Crippen LogP contribution in [0.1, 0.15) is 31.4 Å². The number of nitrogens with one attached hydrogen (secondary N) is 1. The van der Waals surface area contributed by atoms with Crippen LogP contribution in [0.3, 0.4) is 0 Å². The summed E-state index contributed by atoms with van der Waals surface area (Å²) in [6.07, 6.45) is 3.66. The van der Waals surface area contributed by atoms with E-state index in [4.69, 9.17) is 16.3 Å². The molecule has 4 heteroatoms. The molecule has 0 fully saturated rings. The van der Waals surface area contributed by atoms with Crippen LogP contribution in [0.25, 0.3) is 0 Å². The van der Waals surface area contributed by atoms with Crippen molar-refractivity contribution in [2.75, 3.05) is 13.2 Å². The molecule has 2 rings (SSSR count). The quantitative estimate of drug-likeness (QED) is 0.897. The third kappa shape index (κ3) is 3.03. The van der Waals surface area contributed by atoms with E-state index in [9.17, 15) is 4.39 Å². The van der Waals surface area contributed by atoms with Crippen molar-refractivity contribution in [3.63, 3.8) is 0 Å². The molecule has 0 radical (unpaired) electrons. The van der Waals surface area contributed by atoms with Gasteiger partial charge in [0.1, 0.15) is 5.82 Å². The summed E-state index contributed by atoms with van der Waals surface area (Å²) in [5.74, 6) is -0.278. The molecule has 1 aliphatic heterocycles. The minimum absolute atomic E-state index is 0.132. The van der Waals surface area contributed by atoms with Gasteiger partial charge in [0.05, 0.1) is 18.9 Å². The molecule has 2 nitrogen and oxygen atoms in total. The van der Waals surface area contributed by atoms with E-state index in [2.05, 4.69) is 5.32 Å². The van der Waals surface area contributed by atoms with Crippen LogP contribution in [-0.2, 0) is 4.74 Å². The van der Waals surface area contributed by atoms with Crippen molar-refractivity contribution in [1.82, 2.24) is 5.32 Å². The second-order valence-electron chi connectivity index (χ2n) is 4.32. The Hall–Kier alpha value is -1.06. The zero-order valence-corrected chi connectivity index (χ0v) is 11.1. The summed E-state index contributed by atoms with van der Waals surface area (Å²) in [5.41, 5.74) is 1.71. The topological polar surface area (TPSA) is 21.3 Å². The average molecular weight is 270 g/mol. The summed E-state index contributed by atoms with van der Waals surface area (Å²) in [4.78, 5) is 0. The van der Waals surface area contributed by atoms with Gasteiger partial charge in [0.2, 0.25) is 0 Å². The Bertz CT molecular complexity index is 447. The van der Waals surface area contributed by atoms with Crippen molar-refractivity contribution in [2.24, 2.45) is 0 Å². The lowest BCUT2D eigenvalue weighted by Crippen LogP contribution is -2.25. The first-order valence-electron chi connectivity index (χ1n) is 6.21. The van der Waals surface area contributed by atoms with Crippen LogP contribution in [0.5, 0.6) is 0 Å². The van der Waals surface area contributed by atoms with Gasteiger partial charge in [-0.05, 0) is 37.1 Å². The normalized spacial score (nSPS) is 16.9. The highest BCUT2D eigenvalue weighted by molar-refractivity contribution is 6.30. The van der Waals surface area contributed by atoms with Gasteiger partial charge in [-0.25, -0.2) is 4.39 Å². The molecule has 0 saturated carbocycles.